The van der Waals surface area contributed by atoms with E-state index in [1.54, 1.807) is 29.3 Å². The maximum Gasteiger partial charge on any atom is 0.255 e. The summed E-state index contributed by atoms with van der Waals surface area (Å²) in [4.78, 5) is 23.5. The van der Waals surface area contributed by atoms with Crippen LogP contribution in [0.25, 0.3) is 11.2 Å². The van der Waals surface area contributed by atoms with Crippen LogP contribution >= 0.6 is 0 Å². The van der Waals surface area contributed by atoms with Crippen molar-refractivity contribution in [1.82, 2.24) is 19.4 Å². The molecule has 6 nitrogen and oxygen atoms in total. The fourth-order valence-electron chi connectivity index (χ4n) is 4.20. The number of imidazole rings is 1. The lowest BCUT2D eigenvalue weighted by Gasteiger charge is -2.38. The van der Waals surface area contributed by atoms with Gasteiger partial charge in [-0.2, -0.15) is 0 Å². The number of hydrogen-bond donors (Lipinski definition) is 0. The van der Waals surface area contributed by atoms with Gasteiger partial charge < -0.3 is 14.2 Å². The largest absolute Gasteiger partial charge is 0.370 e. The van der Waals surface area contributed by atoms with Crippen molar-refractivity contribution in [3.05, 3.63) is 59.8 Å². The van der Waals surface area contributed by atoms with Crippen LogP contribution in [-0.4, -0.2) is 44.5 Å². The molecule has 1 aliphatic heterocycles. The topological polar surface area (TPSA) is 60.2 Å². The SMILES string of the molecule is O=C(c1cnc2c(c1)ncn2C1CCCC1)N1CC(OCc2ccccc2F)C1. The van der Waals surface area contributed by atoms with Gasteiger partial charge in [0.2, 0.25) is 0 Å². The lowest BCUT2D eigenvalue weighted by atomic mass is 10.1. The summed E-state index contributed by atoms with van der Waals surface area (Å²) >= 11 is 0. The molecule has 1 amide bonds. The number of ether oxygens (including phenoxy) is 1. The molecule has 3 heterocycles. The normalized spacial score (nSPS) is 17.8. The molecule has 29 heavy (non-hydrogen) atoms. The van der Waals surface area contributed by atoms with Crippen LogP contribution in [0.15, 0.2) is 42.9 Å². The van der Waals surface area contributed by atoms with E-state index >= 15 is 0 Å². The second-order valence-corrected chi connectivity index (χ2v) is 7.89. The Labute approximate surface area is 168 Å². The molecule has 0 radical (unpaired) electrons. The van der Waals surface area contributed by atoms with Crippen LogP contribution < -0.4 is 0 Å². The summed E-state index contributed by atoms with van der Waals surface area (Å²) in [5.74, 6) is -0.336. The zero-order valence-electron chi connectivity index (χ0n) is 16.1. The van der Waals surface area contributed by atoms with Gasteiger partial charge in [-0.25, -0.2) is 14.4 Å². The van der Waals surface area contributed by atoms with Crippen LogP contribution in [0, 0.1) is 5.82 Å². The van der Waals surface area contributed by atoms with E-state index in [9.17, 15) is 9.18 Å². The minimum absolute atomic E-state index is 0.0689. The van der Waals surface area contributed by atoms with E-state index in [0.717, 1.165) is 24.0 Å². The number of carbonyl (C=O) groups is 1. The van der Waals surface area contributed by atoms with E-state index in [4.69, 9.17) is 4.74 Å². The van der Waals surface area contributed by atoms with Crippen molar-refractivity contribution in [2.45, 2.75) is 44.4 Å². The number of hydrogen-bond acceptors (Lipinski definition) is 4. The second-order valence-electron chi connectivity index (χ2n) is 7.89. The zero-order valence-corrected chi connectivity index (χ0v) is 16.1. The predicted molar refractivity (Wildman–Crippen MR) is 106 cm³/mol. The first-order valence-corrected chi connectivity index (χ1v) is 10.2. The van der Waals surface area contributed by atoms with Crippen LogP contribution in [0.5, 0.6) is 0 Å². The van der Waals surface area contributed by atoms with Crippen molar-refractivity contribution in [1.29, 1.82) is 0 Å². The summed E-state index contributed by atoms with van der Waals surface area (Å²) in [6, 6.07) is 8.87. The van der Waals surface area contributed by atoms with Crippen molar-refractivity contribution in [3.8, 4) is 0 Å². The number of halogens is 1. The number of amides is 1. The number of rotatable bonds is 5. The lowest BCUT2D eigenvalue weighted by molar-refractivity contribution is -0.0510. The molecular weight excluding hydrogens is 371 g/mol. The number of benzene rings is 1. The average molecular weight is 394 g/mol. The number of aromatic nitrogens is 3. The highest BCUT2D eigenvalue weighted by atomic mass is 19.1. The molecule has 0 N–H and O–H groups in total. The Morgan fingerprint density at radius 3 is 2.76 bits per heavy atom. The van der Waals surface area contributed by atoms with Crippen molar-refractivity contribution in [3.63, 3.8) is 0 Å². The fraction of sp³-hybridized carbons (Fsp3) is 0.409. The monoisotopic (exact) mass is 394 g/mol. The maximum absolute atomic E-state index is 13.7. The Hall–Kier alpha value is -2.80. The van der Waals surface area contributed by atoms with Crippen LogP contribution in [-0.2, 0) is 11.3 Å². The van der Waals surface area contributed by atoms with Crippen molar-refractivity contribution >= 4 is 17.1 Å². The van der Waals surface area contributed by atoms with Gasteiger partial charge in [-0.05, 0) is 25.0 Å². The molecule has 0 spiro atoms. The number of fused-ring (bicyclic) bond motifs is 1. The Bertz CT molecular complexity index is 1040. The summed E-state index contributed by atoms with van der Waals surface area (Å²) in [6.07, 6.45) is 8.23. The minimum atomic E-state index is -0.267. The Morgan fingerprint density at radius 1 is 1.17 bits per heavy atom. The van der Waals surface area contributed by atoms with Crippen molar-refractivity contribution < 1.29 is 13.9 Å². The fourth-order valence-corrected chi connectivity index (χ4v) is 4.20. The third-order valence-electron chi connectivity index (χ3n) is 5.95. The molecule has 2 fully saturated rings. The second kappa shape index (κ2) is 7.55. The highest BCUT2D eigenvalue weighted by Gasteiger charge is 2.32. The third-order valence-corrected chi connectivity index (χ3v) is 5.95. The van der Waals surface area contributed by atoms with Crippen molar-refractivity contribution in [2.75, 3.05) is 13.1 Å². The van der Waals surface area contributed by atoms with Crippen LogP contribution in [0.4, 0.5) is 4.39 Å². The number of pyridine rings is 1. The van der Waals surface area contributed by atoms with E-state index in [0.29, 0.717) is 30.3 Å². The molecule has 1 saturated heterocycles. The van der Waals surface area contributed by atoms with Gasteiger partial charge in [-0.3, -0.25) is 4.79 Å². The molecule has 5 rings (SSSR count). The summed E-state index contributed by atoms with van der Waals surface area (Å²) in [5, 5.41) is 0. The van der Waals surface area contributed by atoms with Gasteiger partial charge >= 0.3 is 0 Å². The zero-order chi connectivity index (χ0) is 19.8. The van der Waals surface area contributed by atoms with Gasteiger partial charge in [0, 0.05) is 30.9 Å². The van der Waals surface area contributed by atoms with Gasteiger partial charge in [-0.15, -0.1) is 0 Å². The quantitative estimate of drug-likeness (QED) is 0.662. The first kappa shape index (κ1) is 18.2. The Morgan fingerprint density at radius 2 is 1.97 bits per heavy atom. The first-order chi connectivity index (χ1) is 14.2. The minimum Gasteiger partial charge on any atom is -0.370 e. The van der Waals surface area contributed by atoms with Crippen molar-refractivity contribution in [2.24, 2.45) is 0 Å². The van der Waals surface area contributed by atoms with E-state index < -0.39 is 0 Å². The van der Waals surface area contributed by atoms with E-state index in [2.05, 4.69) is 14.5 Å². The predicted octanol–water partition coefficient (Wildman–Crippen LogP) is 3.73. The molecule has 7 heteroatoms. The molecule has 1 saturated carbocycles. The maximum atomic E-state index is 13.7. The highest BCUT2D eigenvalue weighted by molar-refractivity contribution is 5.96. The number of carbonyl (C=O) groups excluding carboxylic acids is 1. The molecule has 1 aliphatic carbocycles. The summed E-state index contributed by atoms with van der Waals surface area (Å²) in [5.41, 5.74) is 2.69. The van der Waals surface area contributed by atoms with Gasteiger partial charge in [-0.1, -0.05) is 31.0 Å². The summed E-state index contributed by atoms with van der Waals surface area (Å²) in [6.45, 7) is 1.22. The first-order valence-electron chi connectivity index (χ1n) is 10.2. The molecule has 3 aromatic rings. The molecule has 2 aliphatic rings. The van der Waals surface area contributed by atoms with Crippen LogP contribution in [0.3, 0.4) is 0 Å². The third kappa shape index (κ3) is 3.51. The van der Waals surface area contributed by atoms with E-state index in [1.807, 2.05) is 12.4 Å². The molecule has 0 bridgehead atoms. The highest BCUT2D eigenvalue weighted by Crippen LogP contribution is 2.31. The van der Waals surface area contributed by atoms with Gasteiger partial charge in [0.1, 0.15) is 11.3 Å². The number of nitrogens with zero attached hydrogens (tertiary/aromatic N) is 4. The van der Waals surface area contributed by atoms with Gasteiger partial charge in [0.25, 0.3) is 5.91 Å². The van der Waals surface area contributed by atoms with Crippen LogP contribution in [0.1, 0.15) is 47.6 Å². The van der Waals surface area contributed by atoms with E-state index in [1.165, 1.54) is 18.9 Å². The van der Waals surface area contributed by atoms with Crippen LogP contribution in [0.2, 0.25) is 0 Å². The lowest BCUT2D eigenvalue weighted by Crippen LogP contribution is -2.54. The standard InChI is InChI=1S/C22H23FN4O2/c23-19-8-4-1-5-15(19)13-29-18-11-26(12-18)22(28)16-9-20-21(24-10-16)27(14-25-20)17-6-2-3-7-17/h1,4-5,8-10,14,17-18H,2-3,6-7,11-13H2. The average Bonchev–Trinajstić information content (AvgIpc) is 3.36. The molecular formula is C22H23FN4O2. The molecule has 1 aromatic carbocycles. The smallest absolute Gasteiger partial charge is 0.255 e. The van der Waals surface area contributed by atoms with E-state index in [-0.39, 0.29) is 24.4 Å². The summed E-state index contributed by atoms with van der Waals surface area (Å²) in [7, 11) is 0. The molecule has 150 valence electrons. The molecule has 2 aromatic heterocycles. The molecule has 0 atom stereocenters. The Balaban J connectivity index is 1.20. The van der Waals surface area contributed by atoms with Gasteiger partial charge in [0.15, 0.2) is 5.65 Å². The molecule has 0 unspecified atom stereocenters. The number of likely N-dealkylation sites (tertiary alicyclic amines) is 1. The summed E-state index contributed by atoms with van der Waals surface area (Å²) < 4.78 is 21.5. The Kier molecular flexibility index (Phi) is 4.75. The van der Waals surface area contributed by atoms with Gasteiger partial charge in [0.05, 0.1) is 24.6 Å².